The van der Waals surface area contributed by atoms with E-state index in [9.17, 15) is 13.2 Å². The molecule has 0 bridgehead atoms. The van der Waals surface area contributed by atoms with Crippen LogP contribution in [-0.4, -0.2) is 33.8 Å². The van der Waals surface area contributed by atoms with Crippen molar-refractivity contribution in [1.82, 2.24) is 10.0 Å². The van der Waals surface area contributed by atoms with Gasteiger partial charge in [0.2, 0.25) is 10.0 Å². The Morgan fingerprint density at radius 2 is 1.76 bits per heavy atom. The molecule has 25 heavy (non-hydrogen) atoms. The molecule has 0 saturated carbocycles. The molecule has 0 aliphatic carbocycles. The zero-order valence-corrected chi connectivity index (χ0v) is 15.3. The summed E-state index contributed by atoms with van der Waals surface area (Å²) >= 11 is 0. The van der Waals surface area contributed by atoms with Crippen LogP contribution in [0.4, 0.5) is 0 Å². The van der Waals surface area contributed by atoms with Crippen molar-refractivity contribution < 1.29 is 13.2 Å². The smallest absolute Gasteiger partial charge is 0.241 e. The van der Waals surface area contributed by atoms with Gasteiger partial charge >= 0.3 is 0 Å². The molecule has 134 valence electrons. The molecule has 5 nitrogen and oxygen atoms in total. The van der Waals surface area contributed by atoms with Crippen LogP contribution >= 0.6 is 12.4 Å². The molecule has 2 aromatic rings. The van der Waals surface area contributed by atoms with Gasteiger partial charge in [-0.2, -0.15) is 0 Å². The number of nitrogens with one attached hydrogen (secondary N) is 2. The molecular weight excluding hydrogens is 360 g/mol. The van der Waals surface area contributed by atoms with Crippen LogP contribution in [0.3, 0.4) is 0 Å². The molecule has 1 fully saturated rings. The first-order valence-corrected chi connectivity index (χ1v) is 9.45. The van der Waals surface area contributed by atoms with Crippen molar-refractivity contribution in [2.75, 3.05) is 19.6 Å². The lowest BCUT2D eigenvalue weighted by molar-refractivity contribution is 0.103. The number of sulfonamides is 1. The summed E-state index contributed by atoms with van der Waals surface area (Å²) in [7, 11) is -3.73. The number of benzene rings is 2. The summed E-state index contributed by atoms with van der Waals surface area (Å²) in [6.07, 6.45) is 0.952. The fraction of sp³-hybridized carbons (Fsp3) is 0.278. The summed E-state index contributed by atoms with van der Waals surface area (Å²) in [6.45, 7) is 2.10. The Morgan fingerprint density at radius 3 is 2.44 bits per heavy atom. The van der Waals surface area contributed by atoms with Gasteiger partial charge in [-0.25, -0.2) is 13.1 Å². The third kappa shape index (κ3) is 4.67. The average Bonchev–Trinajstić information content (AvgIpc) is 3.14. The fourth-order valence-electron chi connectivity index (χ4n) is 2.83. The fourth-order valence-corrected chi connectivity index (χ4v) is 4.15. The van der Waals surface area contributed by atoms with Gasteiger partial charge in [0.1, 0.15) is 0 Å². The first-order chi connectivity index (χ1) is 11.6. The Hall–Kier alpha value is -1.73. The number of halogens is 1. The number of rotatable bonds is 6. The van der Waals surface area contributed by atoms with E-state index < -0.39 is 10.0 Å². The van der Waals surface area contributed by atoms with Crippen molar-refractivity contribution in [3.05, 3.63) is 65.7 Å². The number of carbonyl (C=O) groups excluding carboxylic acids is 1. The lowest BCUT2D eigenvalue weighted by Gasteiger charge is -2.13. The van der Waals surface area contributed by atoms with E-state index in [0.29, 0.717) is 12.1 Å². The Balaban J connectivity index is 0.00000225. The summed E-state index contributed by atoms with van der Waals surface area (Å²) < 4.78 is 28.0. The zero-order valence-electron chi connectivity index (χ0n) is 13.6. The van der Waals surface area contributed by atoms with Crippen LogP contribution in [0, 0.1) is 5.92 Å². The molecule has 3 rings (SSSR count). The van der Waals surface area contributed by atoms with Crippen LogP contribution < -0.4 is 10.0 Å². The van der Waals surface area contributed by atoms with Gasteiger partial charge in [-0.1, -0.05) is 42.5 Å². The normalized spacial score (nSPS) is 17.0. The van der Waals surface area contributed by atoms with Crippen molar-refractivity contribution in [2.24, 2.45) is 5.92 Å². The van der Waals surface area contributed by atoms with Gasteiger partial charge in [-0.05, 0) is 37.6 Å². The molecule has 0 amide bonds. The van der Waals surface area contributed by atoms with Gasteiger partial charge in [-0.15, -0.1) is 12.4 Å². The van der Waals surface area contributed by atoms with Crippen molar-refractivity contribution >= 4 is 28.2 Å². The van der Waals surface area contributed by atoms with E-state index in [1.165, 1.54) is 6.07 Å². The summed E-state index contributed by atoms with van der Waals surface area (Å²) in [5, 5.41) is 3.21. The molecule has 2 N–H and O–H groups in total. The highest BCUT2D eigenvalue weighted by Gasteiger charge is 2.24. The van der Waals surface area contributed by atoms with Gasteiger partial charge in [0.15, 0.2) is 5.78 Å². The largest absolute Gasteiger partial charge is 0.316 e. The first kappa shape index (κ1) is 19.6. The molecule has 7 heteroatoms. The molecule has 0 spiro atoms. The van der Waals surface area contributed by atoms with E-state index in [1.54, 1.807) is 42.5 Å². The van der Waals surface area contributed by atoms with Gasteiger partial charge in [0.25, 0.3) is 0 Å². The quantitative estimate of drug-likeness (QED) is 0.753. The molecule has 1 unspecified atom stereocenters. The maximum absolute atomic E-state index is 12.7. The minimum Gasteiger partial charge on any atom is -0.316 e. The predicted molar refractivity (Wildman–Crippen MR) is 99.7 cm³/mol. The summed E-state index contributed by atoms with van der Waals surface area (Å²) in [5.41, 5.74) is 0.667. The second-order valence-corrected chi connectivity index (χ2v) is 7.64. The van der Waals surface area contributed by atoms with Crippen molar-refractivity contribution in [1.29, 1.82) is 0 Å². The lowest BCUT2D eigenvalue weighted by atomic mass is 10.0. The van der Waals surface area contributed by atoms with Crippen LogP contribution in [0.15, 0.2) is 59.5 Å². The predicted octanol–water partition coefficient (Wildman–Crippen LogP) is 2.23. The molecule has 1 atom stereocenters. The molecule has 2 aromatic carbocycles. The summed E-state index contributed by atoms with van der Waals surface area (Å²) in [6, 6.07) is 15.0. The van der Waals surface area contributed by atoms with E-state index in [1.807, 2.05) is 6.07 Å². The highest BCUT2D eigenvalue weighted by Crippen LogP contribution is 2.19. The molecule has 0 radical (unpaired) electrons. The van der Waals surface area contributed by atoms with Crippen LogP contribution in [0.25, 0.3) is 0 Å². The molecule has 1 saturated heterocycles. The number of ketones is 1. The third-order valence-corrected chi connectivity index (χ3v) is 5.66. The SMILES string of the molecule is Cl.O=C(c1ccccc1)c1ccccc1S(=O)(=O)NCC1CCNC1. The maximum atomic E-state index is 12.7. The summed E-state index contributed by atoms with van der Waals surface area (Å²) in [5.74, 6) is -0.00382. The third-order valence-electron chi connectivity index (χ3n) is 4.18. The number of hydrogen-bond acceptors (Lipinski definition) is 4. The first-order valence-electron chi connectivity index (χ1n) is 7.97. The van der Waals surface area contributed by atoms with Crippen LogP contribution in [0.5, 0.6) is 0 Å². The number of hydrogen-bond donors (Lipinski definition) is 2. The highest BCUT2D eigenvalue weighted by atomic mass is 35.5. The van der Waals surface area contributed by atoms with Gasteiger partial charge in [-0.3, -0.25) is 4.79 Å². The van der Waals surface area contributed by atoms with E-state index in [0.717, 1.165) is 19.5 Å². The van der Waals surface area contributed by atoms with E-state index in [2.05, 4.69) is 10.0 Å². The Bertz CT molecular complexity index is 819. The van der Waals surface area contributed by atoms with Crippen LogP contribution in [0.2, 0.25) is 0 Å². The molecule has 1 heterocycles. The van der Waals surface area contributed by atoms with Crippen molar-refractivity contribution in [3.8, 4) is 0 Å². The standard InChI is InChI=1S/C18H20N2O3S.ClH/c21-18(15-6-2-1-3-7-15)16-8-4-5-9-17(16)24(22,23)20-13-14-10-11-19-12-14;/h1-9,14,19-20H,10-13H2;1H. The average molecular weight is 381 g/mol. The zero-order chi connectivity index (χ0) is 17.0. The second kappa shape index (κ2) is 8.58. The molecular formula is C18H21ClN2O3S. The summed E-state index contributed by atoms with van der Waals surface area (Å²) in [4.78, 5) is 12.7. The lowest BCUT2D eigenvalue weighted by Crippen LogP contribution is -2.31. The minimum absolute atomic E-state index is 0. The van der Waals surface area contributed by atoms with E-state index in [-0.39, 0.29) is 34.6 Å². The van der Waals surface area contributed by atoms with Gasteiger partial charge in [0.05, 0.1) is 4.90 Å². The number of carbonyl (C=O) groups is 1. The molecule has 1 aliphatic rings. The Labute approximate surface area is 154 Å². The van der Waals surface area contributed by atoms with Crippen molar-refractivity contribution in [3.63, 3.8) is 0 Å². The minimum atomic E-state index is -3.73. The van der Waals surface area contributed by atoms with E-state index in [4.69, 9.17) is 0 Å². The second-order valence-electron chi connectivity index (χ2n) is 5.90. The van der Waals surface area contributed by atoms with Gasteiger partial charge < -0.3 is 5.32 Å². The molecule has 1 aliphatic heterocycles. The van der Waals surface area contributed by atoms with Crippen molar-refractivity contribution in [2.45, 2.75) is 11.3 Å². The Morgan fingerprint density at radius 1 is 1.08 bits per heavy atom. The monoisotopic (exact) mass is 380 g/mol. The van der Waals surface area contributed by atoms with E-state index >= 15 is 0 Å². The topological polar surface area (TPSA) is 75.3 Å². The maximum Gasteiger partial charge on any atom is 0.241 e. The molecule has 0 aromatic heterocycles. The Kier molecular flexibility index (Phi) is 6.72. The van der Waals surface area contributed by atoms with Crippen LogP contribution in [0.1, 0.15) is 22.3 Å². The van der Waals surface area contributed by atoms with Gasteiger partial charge in [0, 0.05) is 17.7 Å². The van der Waals surface area contributed by atoms with Crippen LogP contribution in [-0.2, 0) is 10.0 Å². The highest BCUT2D eigenvalue weighted by molar-refractivity contribution is 7.89.